The fraction of sp³-hybridized carbons (Fsp3) is 0.588. The van der Waals surface area contributed by atoms with E-state index in [0.29, 0.717) is 23.4 Å². The summed E-state index contributed by atoms with van der Waals surface area (Å²) in [5.41, 5.74) is 0.407. The summed E-state index contributed by atoms with van der Waals surface area (Å²) in [5.74, 6) is -0.358. The maximum Gasteiger partial charge on any atom is 0.148 e. The number of nitrogens with one attached hydrogen (secondary N) is 3. The summed E-state index contributed by atoms with van der Waals surface area (Å²) in [4.78, 5) is 0. The second kappa shape index (κ2) is 6.65. The standard InChI is InChI=1S/C17H28FN3O/c1-11(9-16(2,3)17(4,5)22)21-15-13(18)8-7-12(10-19)14(15)20-6/h7-8,10-11,19-22H,9H2,1-6H3. The fourth-order valence-corrected chi connectivity index (χ4v) is 2.44. The Kier molecular flexibility index (Phi) is 5.57. The zero-order valence-electron chi connectivity index (χ0n) is 14.3. The molecule has 0 aliphatic heterocycles. The van der Waals surface area contributed by atoms with Gasteiger partial charge in [-0.25, -0.2) is 4.39 Å². The van der Waals surface area contributed by atoms with Gasteiger partial charge in [0.05, 0.1) is 17.0 Å². The molecule has 1 aromatic carbocycles. The number of anilines is 2. The maximum atomic E-state index is 14.2. The molecule has 0 spiro atoms. The van der Waals surface area contributed by atoms with Crippen molar-refractivity contribution in [2.75, 3.05) is 17.7 Å². The summed E-state index contributed by atoms with van der Waals surface area (Å²) in [5, 5.41) is 23.8. The van der Waals surface area contributed by atoms with Gasteiger partial charge in [-0.15, -0.1) is 0 Å². The quantitative estimate of drug-likeness (QED) is 0.578. The van der Waals surface area contributed by atoms with Crippen LogP contribution in [0.25, 0.3) is 0 Å². The Labute approximate surface area is 132 Å². The molecule has 1 unspecified atom stereocenters. The predicted molar refractivity (Wildman–Crippen MR) is 91.6 cm³/mol. The van der Waals surface area contributed by atoms with E-state index in [1.807, 2.05) is 20.8 Å². The van der Waals surface area contributed by atoms with Crippen LogP contribution in [0.5, 0.6) is 0 Å². The topological polar surface area (TPSA) is 68.1 Å². The molecule has 0 aliphatic carbocycles. The molecule has 5 heteroatoms. The van der Waals surface area contributed by atoms with Crippen LogP contribution >= 0.6 is 0 Å². The van der Waals surface area contributed by atoms with Crippen LogP contribution in [0.4, 0.5) is 15.8 Å². The lowest BCUT2D eigenvalue weighted by molar-refractivity contribution is -0.0409. The lowest BCUT2D eigenvalue weighted by Gasteiger charge is -2.39. The Hall–Kier alpha value is -1.62. The second-order valence-electron chi connectivity index (χ2n) is 6.97. The van der Waals surface area contributed by atoms with Gasteiger partial charge in [-0.1, -0.05) is 13.8 Å². The molecule has 0 fully saturated rings. The summed E-state index contributed by atoms with van der Waals surface area (Å²) in [7, 11) is 1.71. The zero-order valence-corrected chi connectivity index (χ0v) is 14.3. The Morgan fingerprint density at radius 1 is 1.27 bits per heavy atom. The summed E-state index contributed by atoms with van der Waals surface area (Å²) in [6.45, 7) is 9.52. The molecule has 1 atom stereocenters. The van der Waals surface area contributed by atoms with Crippen LogP contribution < -0.4 is 10.6 Å². The number of halogens is 1. The van der Waals surface area contributed by atoms with Gasteiger partial charge in [-0.2, -0.15) is 0 Å². The van der Waals surface area contributed by atoms with E-state index < -0.39 is 5.60 Å². The summed E-state index contributed by atoms with van der Waals surface area (Å²) >= 11 is 0. The van der Waals surface area contributed by atoms with Gasteiger partial charge in [-0.05, 0) is 44.7 Å². The largest absolute Gasteiger partial charge is 0.390 e. The predicted octanol–water partition coefficient (Wildman–Crippen LogP) is 3.85. The van der Waals surface area contributed by atoms with E-state index in [-0.39, 0.29) is 17.3 Å². The Bertz CT molecular complexity index is 535. The van der Waals surface area contributed by atoms with E-state index in [9.17, 15) is 9.50 Å². The van der Waals surface area contributed by atoms with Crippen molar-refractivity contribution in [3.05, 3.63) is 23.5 Å². The minimum atomic E-state index is -0.829. The highest BCUT2D eigenvalue weighted by Crippen LogP contribution is 2.36. The first-order chi connectivity index (χ1) is 10.0. The van der Waals surface area contributed by atoms with Crippen LogP contribution in [-0.4, -0.2) is 30.0 Å². The van der Waals surface area contributed by atoms with Crippen molar-refractivity contribution in [3.63, 3.8) is 0 Å². The molecule has 0 saturated carbocycles. The van der Waals surface area contributed by atoms with Crippen LogP contribution in [0, 0.1) is 16.6 Å². The highest BCUT2D eigenvalue weighted by Gasteiger charge is 2.36. The van der Waals surface area contributed by atoms with E-state index in [1.165, 1.54) is 12.3 Å². The minimum Gasteiger partial charge on any atom is -0.390 e. The van der Waals surface area contributed by atoms with E-state index in [4.69, 9.17) is 5.41 Å². The van der Waals surface area contributed by atoms with Crippen molar-refractivity contribution >= 4 is 17.6 Å². The number of hydrogen-bond donors (Lipinski definition) is 4. The first-order valence-electron chi connectivity index (χ1n) is 7.53. The summed E-state index contributed by atoms with van der Waals surface area (Å²) in [6, 6.07) is 2.89. The highest BCUT2D eigenvalue weighted by atomic mass is 19.1. The van der Waals surface area contributed by atoms with Crippen LogP contribution in [0.1, 0.15) is 46.6 Å². The minimum absolute atomic E-state index is 0.0380. The van der Waals surface area contributed by atoms with Crippen LogP contribution in [0.15, 0.2) is 12.1 Å². The van der Waals surface area contributed by atoms with Crippen molar-refractivity contribution < 1.29 is 9.50 Å². The molecule has 22 heavy (non-hydrogen) atoms. The van der Waals surface area contributed by atoms with Gasteiger partial charge in [0.15, 0.2) is 0 Å². The smallest absolute Gasteiger partial charge is 0.148 e. The van der Waals surface area contributed by atoms with Crippen molar-refractivity contribution in [1.82, 2.24) is 0 Å². The van der Waals surface area contributed by atoms with Gasteiger partial charge < -0.3 is 21.1 Å². The molecule has 1 aromatic rings. The van der Waals surface area contributed by atoms with E-state index >= 15 is 0 Å². The van der Waals surface area contributed by atoms with Crippen LogP contribution in [-0.2, 0) is 0 Å². The molecule has 4 N–H and O–H groups in total. The lowest BCUT2D eigenvalue weighted by Crippen LogP contribution is -2.42. The molecule has 0 heterocycles. The third-order valence-electron chi connectivity index (χ3n) is 4.46. The molecule has 0 saturated heterocycles. The molecule has 1 rings (SSSR count). The molecule has 124 valence electrons. The molecular weight excluding hydrogens is 281 g/mol. The average molecular weight is 309 g/mol. The maximum absolute atomic E-state index is 14.2. The second-order valence-corrected chi connectivity index (χ2v) is 6.97. The first kappa shape index (κ1) is 18.4. The third kappa shape index (κ3) is 3.97. The molecular formula is C17H28FN3O. The highest BCUT2D eigenvalue weighted by molar-refractivity contribution is 5.91. The first-order valence-corrected chi connectivity index (χ1v) is 7.53. The normalized spacial score (nSPS) is 13.6. The van der Waals surface area contributed by atoms with Crippen molar-refractivity contribution in [2.24, 2.45) is 5.41 Å². The monoisotopic (exact) mass is 309 g/mol. The Morgan fingerprint density at radius 3 is 2.32 bits per heavy atom. The molecule has 0 aliphatic rings. The summed E-state index contributed by atoms with van der Waals surface area (Å²) < 4.78 is 14.2. The van der Waals surface area contributed by atoms with Crippen LogP contribution in [0.2, 0.25) is 0 Å². The Balaban J connectivity index is 3.02. The van der Waals surface area contributed by atoms with E-state index in [1.54, 1.807) is 27.0 Å². The van der Waals surface area contributed by atoms with Gasteiger partial charge in [0.1, 0.15) is 5.82 Å². The van der Waals surface area contributed by atoms with Crippen molar-refractivity contribution in [3.8, 4) is 0 Å². The fourth-order valence-electron chi connectivity index (χ4n) is 2.44. The van der Waals surface area contributed by atoms with E-state index in [0.717, 1.165) is 0 Å². The molecule has 0 amide bonds. The SMILES string of the molecule is CNc1c(C=N)ccc(F)c1NC(C)CC(C)(C)C(C)(C)O. The van der Waals surface area contributed by atoms with Crippen molar-refractivity contribution in [1.29, 1.82) is 5.41 Å². The Morgan fingerprint density at radius 2 is 1.86 bits per heavy atom. The van der Waals surface area contributed by atoms with Gasteiger partial charge >= 0.3 is 0 Å². The number of benzene rings is 1. The van der Waals surface area contributed by atoms with Gasteiger partial charge in [0, 0.05) is 24.9 Å². The van der Waals surface area contributed by atoms with Gasteiger partial charge in [-0.3, -0.25) is 0 Å². The van der Waals surface area contributed by atoms with E-state index in [2.05, 4.69) is 10.6 Å². The number of aliphatic hydroxyl groups is 1. The van der Waals surface area contributed by atoms with Crippen molar-refractivity contribution in [2.45, 2.75) is 52.7 Å². The average Bonchev–Trinajstić information content (AvgIpc) is 2.38. The lowest BCUT2D eigenvalue weighted by atomic mass is 9.73. The molecule has 0 bridgehead atoms. The van der Waals surface area contributed by atoms with Gasteiger partial charge in [0.2, 0.25) is 0 Å². The molecule has 0 aromatic heterocycles. The zero-order chi connectivity index (χ0) is 17.1. The molecule has 0 radical (unpaired) electrons. The summed E-state index contributed by atoms with van der Waals surface area (Å²) in [6.07, 6.45) is 1.87. The van der Waals surface area contributed by atoms with Gasteiger partial charge in [0.25, 0.3) is 0 Å². The van der Waals surface area contributed by atoms with Crippen LogP contribution in [0.3, 0.4) is 0 Å². The number of hydrogen-bond acceptors (Lipinski definition) is 4. The number of rotatable bonds is 7. The third-order valence-corrected chi connectivity index (χ3v) is 4.46. The molecule has 4 nitrogen and oxygen atoms in total.